The van der Waals surface area contributed by atoms with E-state index in [1.165, 1.54) is 0 Å². The van der Waals surface area contributed by atoms with Crippen LogP contribution in [-0.4, -0.2) is 24.5 Å². The van der Waals surface area contributed by atoms with Gasteiger partial charge in [0.2, 0.25) is 0 Å². The molecule has 2 rings (SSSR count). The quantitative estimate of drug-likeness (QED) is 0.811. The maximum absolute atomic E-state index is 9.28. The number of ether oxygens (including phenoxy) is 1. The Morgan fingerprint density at radius 1 is 1.47 bits per heavy atom. The van der Waals surface area contributed by atoms with Crippen molar-refractivity contribution in [2.75, 3.05) is 13.2 Å². The number of halogens is 1. The predicted molar refractivity (Wildman–Crippen MR) is 61.4 cm³/mol. The predicted octanol–water partition coefficient (Wildman–Crippen LogP) is 1.69. The first kappa shape index (κ1) is 12.3. The molecule has 0 saturated carbocycles. The van der Waals surface area contributed by atoms with Gasteiger partial charge in [-0.2, -0.15) is 0 Å². The van der Waals surface area contributed by atoms with Crippen LogP contribution >= 0.6 is 12.4 Å². The Kier molecular flexibility index (Phi) is 4.88. The second kappa shape index (κ2) is 5.95. The summed E-state index contributed by atoms with van der Waals surface area (Å²) in [6.07, 6.45) is 2.00. The van der Waals surface area contributed by atoms with Gasteiger partial charge in [0.15, 0.2) is 0 Å². The highest BCUT2D eigenvalue weighted by molar-refractivity contribution is 5.85. The van der Waals surface area contributed by atoms with Gasteiger partial charge in [0.05, 0.1) is 0 Å². The van der Waals surface area contributed by atoms with Crippen molar-refractivity contribution in [3.8, 4) is 5.75 Å². The summed E-state index contributed by atoms with van der Waals surface area (Å²) in [5.74, 6) is 0.318. The number of hydrogen-bond donors (Lipinski definition) is 2. The number of benzene rings is 1. The number of nitrogens with one attached hydrogen (secondary N) is 1. The molecule has 0 amide bonds. The molecule has 1 aromatic rings. The van der Waals surface area contributed by atoms with Crippen LogP contribution in [0.5, 0.6) is 5.75 Å². The van der Waals surface area contributed by atoms with Gasteiger partial charge in [0.1, 0.15) is 12.0 Å². The molecule has 0 bridgehead atoms. The van der Waals surface area contributed by atoms with E-state index in [1.54, 1.807) is 12.1 Å². The third-order valence-electron chi connectivity index (χ3n) is 2.34. The van der Waals surface area contributed by atoms with Crippen LogP contribution in [0.25, 0.3) is 0 Å². The molecule has 2 N–H and O–H groups in total. The number of aromatic hydroxyl groups is 1. The van der Waals surface area contributed by atoms with E-state index in [1.807, 2.05) is 12.1 Å². The van der Waals surface area contributed by atoms with Gasteiger partial charge in [0.25, 0.3) is 0 Å². The molecule has 1 aliphatic rings. The maximum atomic E-state index is 9.28. The van der Waals surface area contributed by atoms with E-state index in [4.69, 9.17) is 4.74 Å². The molecule has 0 aliphatic carbocycles. The van der Waals surface area contributed by atoms with Crippen molar-refractivity contribution in [3.05, 3.63) is 29.8 Å². The molecular weight excluding hydrogens is 214 g/mol. The van der Waals surface area contributed by atoms with Gasteiger partial charge in [-0.15, -0.1) is 12.4 Å². The third kappa shape index (κ3) is 3.70. The van der Waals surface area contributed by atoms with Gasteiger partial charge < -0.3 is 9.84 Å². The van der Waals surface area contributed by atoms with Crippen molar-refractivity contribution in [1.82, 2.24) is 5.32 Å². The summed E-state index contributed by atoms with van der Waals surface area (Å²) < 4.78 is 5.53. The second-order valence-electron chi connectivity index (χ2n) is 3.54. The van der Waals surface area contributed by atoms with Crippen molar-refractivity contribution >= 4 is 12.4 Å². The van der Waals surface area contributed by atoms with Gasteiger partial charge in [0, 0.05) is 13.0 Å². The fraction of sp³-hybridized carbons (Fsp3) is 0.455. The Balaban J connectivity index is 0.00000112. The SMILES string of the molecule is Cl.Oc1cccc(CC2NCCCO2)c1. The van der Waals surface area contributed by atoms with Crippen molar-refractivity contribution in [2.45, 2.75) is 19.1 Å². The Hall–Kier alpha value is -0.770. The molecule has 0 spiro atoms. The minimum Gasteiger partial charge on any atom is -0.508 e. The molecule has 1 heterocycles. The summed E-state index contributed by atoms with van der Waals surface area (Å²) >= 11 is 0. The topological polar surface area (TPSA) is 41.5 Å². The average molecular weight is 230 g/mol. The van der Waals surface area contributed by atoms with E-state index >= 15 is 0 Å². The van der Waals surface area contributed by atoms with E-state index in [-0.39, 0.29) is 18.6 Å². The first-order valence-electron chi connectivity index (χ1n) is 4.97. The molecule has 1 saturated heterocycles. The summed E-state index contributed by atoms with van der Waals surface area (Å²) in [5, 5.41) is 12.6. The van der Waals surface area contributed by atoms with E-state index in [9.17, 15) is 5.11 Å². The average Bonchev–Trinajstić information content (AvgIpc) is 2.19. The van der Waals surface area contributed by atoms with Crippen LogP contribution in [0.2, 0.25) is 0 Å². The monoisotopic (exact) mass is 229 g/mol. The number of rotatable bonds is 2. The highest BCUT2D eigenvalue weighted by Crippen LogP contribution is 2.13. The third-order valence-corrected chi connectivity index (χ3v) is 2.34. The van der Waals surface area contributed by atoms with E-state index in [2.05, 4.69) is 5.32 Å². The first-order valence-corrected chi connectivity index (χ1v) is 4.97. The Labute approximate surface area is 95.9 Å². The van der Waals surface area contributed by atoms with Crippen LogP contribution in [0.3, 0.4) is 0 Å². The molecule has 4 heteroatoms. The fourth-order valence-electron chi connectivity index (χ4n) is 1.65. The maximum Gasteiger partial charge on any atom is 0.115 e. The Morgan fingerprint density at radius 2 is 2.33 bits per heavy atom. The molecule has 15 heavy (non-hydrogen) atoms. The molecule has 84 valence electrons. The summed E-state index contributed by atoms with van der Waals surface area (Å²) in [6, 6.07) is 7.31. The van der Waals surface area contributed by atoms with E-state index in [0.29, 0.717) is 5.75 Å². The second-order valence-corrected chi connectivity index (χ2v) is 3.54. The molecule has 1 atom stereocenters. The van der Waals surface area contributed by atoms with Crippen molar-refractivity contribution in [3.63, 3.8) is 0 Å². The Bertz CT molecular complexity index is 300. The largest absolute Gasteiger partial charge is 0.508 e. The lowest BCUT2D eigenvalue weighted by atomic mass is 10.1. The molecule has 3 nitrogen and oxygen atoms in total. The zero-order valence-electron chi connectivity index (χ0n) is 8.48. The minimum atomic E-state index is 0. The van der Waals surface area contributed by atoms with Crippen molar-refractivity contribution in [2.24, 2.45) is 0 Å². The zero-order valence-corrected chi connectivity index (χ0v) is 9.30. The molecule has 1 aromatic carbocycles. The summed E-state index contributed by atoms with van der Waals surface area (Å²) in [7, 11) is 0. The lowest BCUT2D eigenvalue weighted by Crippen LogP contribution is -2.39. The zero-order chi connectivity index (χ0) is 9.80. The van der Waals surface area contributed by atoms with Crippen LogP contribution in [0.15, 0.2) is 24.3 Å². The van der Waals surface area contributed by atoms with Crippen LogP contribution < -0.4 is 5.32 Å². The van der Waals surface area contributed by atoms with Crippen LogP contribution in [-0.2, 0) is 11.2 Å². The highest BCUT2D eigenvalue weighted by atomic mass is 35.5. The van der Waals surface area contributed by atoms with Crippen molar-refractivity contribution in [1.29, 1.82) is 0 Å². The van der Waals surface area contributed by atoms with Crippen molar-refractivity contribution < 1.29 is 9.84 Å². The van der Waals surface area contributed by atoms with E-state index < -0.39 is 0 Å². The normalized spacial score (nSPS) is 20.7. The van der Waals surface area contributed by atoms with Gasteiger partial charge in [-0.1, -0.05) is 12.1 Å². The fourth-order valence-corrected chi connectivity index (χ4v) is 1.65. The van der Waals surface area contributed by atoms with E-state index in [0.717, 1.165) is 31.6 Å². The first-order chi connectivity index (χ1) is 6.84. The number of phenolic OH excluding ortho intramolecular Hbond substituents is 1. The Morgan fingerprint density at radius 3 is 3.00 bits per heavy atom. The highest BCUT2D eigenvalue weighted by Gasteiger charge is 2.12. The molecule has 0 radical (unpaired) electrons. The molecule has 0 aromatic heterocycles. The van der Waals surface area contributed by atoms with Gasteiger partial charge in [-0.3, -0.25) is 5.32 Å². The molecule has 1 unspecified atom stereocenters. The summed E-state index contributed by atoms with van der Waals surface area (Å²) in [5.41, 5.74) is 1.10. The lowest BCUT2D eigenvalue weighted by Gasteiger charge is -2.24. The van der Waals surface area contributed by atoms with Gasteiger partial charge >= 0.3 is 0 Å². The standard InChI is InChI=1S/C11H15NO2.ClH/c13-10-4-1-3-9(7-10)8-11-12-5-2-6-14-11;/h1,3-4,7,11-13H,2,5-6,8H2;1H. The summed E-state index contributed by atoms with van der Waals surface area (Å²) in [4.78, 5) is 0. The molecular formula is C11H16ClNO2. The number of hydrogen-bond acceptors (Lipinski definition) is 3. The van der Waals surface area contributed by atoms with Crippen LogP contribution in [0.4, 0.5) is 0 Å². The van der Waals surface area contributed by atoms with Gasteiger partial charge in [-0.25, -0.2) is 0 Å². The molecule has 1 aliphatic heterocycles. The smallest absolute Gasteiger partial charge is 0.115 e. The van der Waals surface area contributed by atoms with Gasteiger partial charge in [-0.05, 0) is 30.7 Å². The number of phenols is 1. The molecule has 1 fully saturated rings. The lowest BCUT2D eigenvalue weighted by molar-refractivity contribution is 0.00193. The van der Waals surface area contributed by atoms with Crippen LogP contribution in [0, 0.1) is 0 Å². The minimum absolute atomic E-state index is 0. The summed E-state index contributed by atoms with van der Waals surface area (Å²) in [6.45, 7) is 1.85. The van der Waals surface area contributed by atoms with Crippen LogP contribution in [0.1, 0.15) is 12.0 Å².